The quantitative estimate of drug-likeness (QED) is 0.159. The number of hydrogen-bond donors (Lipinski definition) is 0. The van der Waals surface area contributed by atoms with Crippen molar-refractivity contribution in [2.24, 2.45) is 0 Å². The van der Waals surface area contributed by atoms with E-state index in [1.165, 1.54) is 26.9 Å². The van der Waals surface area contributed by atoms with E-state index in [4.69, 9.17) is 15.0 Å². The number of pyridine rings is 3. The number of aromatic nitrogens is 5. The van der Waals surface area contributed by atoms with E-state index in [-0.39, 0.29) is 0 Å². The minimum absolute atomic E-state index is 0.645. The van der Waals surface area contributed by atoms with Gasteiger partial charge in [0.05, 0.1) is 22.6 Å². The normalized spacial score (nSPS) is 11.4. The number of rotatable bonds is 6. The molecule has 0 spiro atoms. The van der Waals surface area contributed by atoms with Crippen molar-refractivity contribution in [3.63, 3.8) is 0 Å². The molecule has 0 unspecified atom stereocenters. The smallest absolute Gasteiger partial charge is 0.160 e. The zero-order chi connectivity index (χ0) is 38.4. The molecule has 4 heterocycles. The van der Waals surface area contributed by atoms with Crippen molar-refractivity contribution >= 4 is 43.2 Å². The summed E-state index contributed by atoms with van der Waals surface area (Å²) in [5, 5.41) is 8.35. The molecule has 5 nitrogen and oxygen atoms in total. The van der Waals surface area contributed by atoms with Crippen LogP contribution < -0.4 is 0 Å². The predicted octanol–water partition coefficient (Wildman–Crippen LogP) is 13.3. The highest BCUT2D eigenvalue weighted by atomic mass is 14.9. The highest BCUT2D eigenvalue weighted by molar-refractivity contribution is 6.33. The van der Waals surface area contributed by atoms with E-state index >= 15 is 0 Å². The van der Waals surface area contributed by atoms with Crippen LogP contribution in [0, 0.1) is 0 Å². The first-order valence-corrected chi connectivity index (χ1v) is 19.4. The van der Waals surface area contributed by atoms with Crippen LogP contribution in [0.15, 0.2) is 201 Å². The maximum absolute atomic E-state index is 5.41. The fourth-order valence-electron chi connectivity index (χ4n) is 8.27. The Labute approximate surface area is 335 Å². The molecule has 7 aromatic carbocycles. The summed E-state index contributed by atoms with van der Waals surface area (Å²) in [6, 6.07) is 61.7. The molecular formula is C53H33N5. The van der Waals surface area contributed by atoms with Crippen LogP contribution in [0.2, 0.25) is 0 Å². The lowest BCUT2D eigenvalue weighted by molar-refractivity contribution is 1.18. The molecule has 11 rings (SSSR count). The Kier molecular flexibility index (Phi) is 8.07. The molecule has 58 heavy (non-hydrogen) atoms. The lowest BCUT2D eigenvalue weighted by atomic mass is 9.90. The molecule has 0 aliphatic heterocycles. The van der Waals surface area contributed by atoms with Gasteiger partial charge in [-0.2, -0.15) is 0 Å². The molecule has 0 fully saturated rings. The lowest BCUT2D eigenvalue weighted by Crippen LogP contribution is -1.97. The topological polar surface area (TPSA) is 64.5 Å². The van der Waals surface area contributed by atoms with Crippen molar-refractivity contribution in [2.45, 2.75) is 0 Å². The third-order valence-corrected chi connectivity index (χ3v) is 11.1. The molecule has 11 aromatic rings. The van der Waals surface area contributed by atoms with Crippen LogP contribution in [0.25, 0.3) is 111 Å². The number of fused-ring (bicyclic) bond motifs is 8. The number of hydrogen-bond acceptors (Lipinski definition) is 5. The van der Waals surface area contributed by atoms with E-state index in [1.54, 1.807) is 0 Å². The van der Waals surface area contributed by atoms with Crippen molar-refractivity contribution in [1.29, 1.82) is 0 Å². The molecule has 0 saturated carbocycles. The summed E-state index contributed by atoms with van der Waals surface area (Å²) < 4.78 is 0. The molecule has 0 amide bonds. The SMILES string of the molecule is c1cc(-c2nc(-c3ccc(-c4ccncc4)cc3)cc(-c3ccc(-c4ccncc4)cc3)n2)cc(-c2nc3ccccc3c3c4ccccc4c4ccccc4c23)c1. The zero-order valence-electron chi connectivity index (χ0n) is 31.3. The Bertz CT molecular complexity index is 3210. The Hall–Kier alpha value is -7.89. The summed E-state index contributed by atoms with van der Waals surface area (Å²) in [4.78, 5) is 24.3. The first kappa shape index (κ1) is 33.4. The van der Waals surface area contributed by atoms with Gasteiger partial charge < -0.3 is 0 Å². The first-order chi connectivity index (χ1) is 28.7. The molecule has 0 aliphatic carbocycles. The number of para-hydroxylation sites is 1. The fourth-order valence-corrected chi connectivity index (χ4v) is 8.27. The van der Waals surface area contributed by atoms with E-state index < -0.39 is 0 Å². The predicted molar refractivity (Wildman–Crippen MR) is 238 cm³/mol. The molecular weight excluding hydrogens is 707 g/mol. The third kappa shape index (κ3) is 5.85. The largest absolute Gasteiger partial charge is 0.265 e. The summed E-state index contributed by atoms with van der Waals surface area (Å²) in [6.45, 7) is 0. The van der Waals surface area contributed by atoms with Crippen LogP contribution in [0.1, 0.15) is 0 Å². The van der Waals surface area contributed by atoms with E-state index in [9.17, 15) is 0 Å². The summed E-state index contributed by atoms with van der Waals surface area (Å²) in [7, 11) is 0. The first-order valence-electron chi connectivity index (χ1n) is 19.4. The Morgan fingerprint density at radius 1 is 0.276 bits per heavy atom. The fraction of sp³-hybridized carbons (Fsp3) is 0. The molecule has 4 aromatic heterocycles. The Morgan fingerprint density at radius 3 is 1.29 bits per heavy atom. The second-order valence-electron chi connectivity index (χ2n) is 14.5. The second-order valence-corrected chi connectivity index (χ2v) is 14.5. The van der Waals surface area contributed by atoms with E-state index in [0.717, 1.165) is 77.9 Å². The van der Waals surface area contributed by atoms with Gasteiger partial charge in [-0.3, -0.25) is 9.97 Å². The Balaban J connectivity index is 1.10. The van der Waals surface area contributed by atoms with Crippen LogP contribution in [0.5, 0.6) is 0 Å². The molecule has 0 saturated heterocycles. The van der Waals surface area contributed by atoms with Crippen LogP contribution in [0.3, 0.4) is 0 Å². The van der Waals surface area contributed by atoms with Crippen molar-refractivity contribution < 1.29 is 0 Å². The van der Waals surface area contributed by atoms with E-state index in [2.05, 4.69) is 162 Å². The van der Waals surface area contributed by atoms with Gasteiger partial charge in [0.1, 0.15) is 0 Å². The molecule has 0 radical (unpaired) electrons. The van der Waals surface area contributed by atoms with Crippen LogP contribution in [-0.2, 0) is 0 Å². The summed E-state index contributed by atoms with van der Waals surface area (Å²) in [5.74, 6) is 0.645. The minimum atomic E-state index is 0.645. The minimum Gasteiger partial charge on any atom is -0.265 e. The van der Waals surface area contributed by atoms with Crippen molar-refractivity contribution in [3.8, 4) is 67.4 Å². The highest BCUT2D eigenvalue weighted by Crippen LogP contribution is 2.43. The highest BCUT2D eigenvalue weighted by Gasteiger charge is 2.19. The van der Waals surface area contributed by atoms with Crippen molar-refractivity contribution in [2.75, 3.05) is 0 Å². The van der Waals surface area contributed by atoms with Crippen LogP contribution in [-0.4, -0.2) is 24.9 Å². The standard InChI is InChI=1S/C53H33N5/c1-3-12-44-42(10-1)43-11-2-4-13-45(43)51-50(44)46-14-5-6-15-47(46)56-52(51)40-8-7-9-41(32-40)53-57-48(38-20-16-34(17-21-38)36-24-28-54-29-25-36)33-49(58-53)39-22-18-35(19-23-39)37-26-30-55-31-27-37/h1-33H. The van der Waals surface area contributed by atoms with E-state index in [1.807, 2.05) is 49.1 Å². The Morgan fingerprint density at radius 2 is 0.724 bits per heavy atom. The molecule has 5 heteroatoms. The average molecular weight is 740 g/mol. The van der Waals surface area contributed by atoms with Gasteiger partial charge in [-0.15, -0.1) is 0 Å². The van der Waals surface area contributed by atoms with Crippen LogP contribution >= 0.6 is 0 Å². The van der Waals surface area contributed by atoms with Gasteiger partial charge in [0.15, 0.2) is 5.82 Å². The monoisotopic (exact) mass is 739 g/mol. The van der Waals surface area contributed by atoms with Gasteiger partial charge in [0.25, 0.3) is 0 Å². The zero-order valence-corrected chi connectivity index (χ0v) is 31.3. The average Bonchev–Trinajstić information content (AvgIpc) is 3.31. The summed E-state index contributed by atoms with van der Waals surface area (Å²) in [5.41, 5.74) is 12.0. The van der Waals surface area contributed by atoms with Crippen molar-refractivity contribution in [3.05, 3.63) is 201 Å². The van der Waals surface area contributed by atoms with Gasteiger partial charge in [0.2, 0.25) is 0 Å². The molecule has 0 N–H and O–H groups in total. The third-order valence-electron chi connectivity index (χ3n) is 11.1. The van der Waals surface area contributed by atoms with Gasteiger partial charge >= 0.3 is 0 Å². The molecule has 270 valence electrons. The number of nitrogens with zero attached hydrogens (tertiary/aromatic N) is 5. The second kappa shape index (κ2) is 14.0. The van der Waals surface area contributed by atoms with Crippen molar-refractivity contribution in [1.82, 2.24) is 24.9 Å². The molecule has 0 atom stereocenters. The molecule has 0 aliphatic rings. The maximum atomic E-state index is 5.41. The van der Waals surface area contributed by atoms with Gasteiger partial charge in [0, 0.05) is 63.2 Å². The summed E-state index contributed by atoms with van der Waals surface area (Å²) in [6.07, 6.45) is 7.28. The van der Waals surface area contributed by atoms with Gasteiger partial charge in [-0.1, -0.05) is 133 Å². The molecule has 0 bridgehead atoms. The summed E-state index contributed by atoms with van der Waals surface area (Å²) >= 11 is 0. The van der Waals surface area contributed by atoms with Gasteiger partial charge in [-0.25, -0.2) is 15.0 Å². The van der Waals surface area contributed by atoms with Gasteiger partial charge in [-0.05, 0) is 86.3 Å². The van der Waals surface area contributed by atoms with E-state index in [0.29, 0.717) is 5.82 Å². The lowest BCUT2D eigenvalue weighted by Gasteiger charge is -2.16. The maximum Gasteiger partial charge on any atom is 0.160 e. The van der Waals surface area contributed by atoms with Crippen LogP contribution in [0.4, 0.5) is 0 Å². The number of benzene rings is 7.